The lowest BCUT2D eigenvalue weighted by atomic mass is 10.1. The van der Waals surface area contributed by atoms with Crippen molar-refractivity contribution in [3.05, 3.63) is 48.0 Å². The molecule has 0 amide bonds. The molecule has 1 aromatic heterocycles. The fraction of sp³-hybridized carbons (Fsp3) is 0.125. The molecule has 2 N–H and O–H groups in total. The lowest BCUT2D eigenvalue weighted by Crippen LogP contribution is -1.89. The average molecular weight is 281 g/mol. The number of methoxy groups -OCH3 is 1. The molecule has 2 aromatic carbocycles. The lowest BCUT2D eigenvalue weighted by molar-refractivity contribution is 0.415. The zero-order chi connectivity index (χ0) is 14.8. The summed E-state index contributed by atoms with van der Waals surface area (Å²) in [5.41, 5.74) is 9.27. The van der Waals surface area contributed by atoms with Crippen LogP contribution in [0.4, 0.5) is 5.69 Å². The number of hydrogen-bond acceptors (Lipinski definition) is 5. The zero-order valence-electron chi connectivity index (χ0n) is 11.8. The Kier molecular flexibility index (Phi) is 3.31. The summed E-state index contributed by atoms with van der Waals surface area (Å²) in [5, 5.41) is 4.01. The molecular weight excluding hydrogens is 266 g/mol. The van der Waals surface area contributed by atoms with E-state index in [0.29, 0.717) is 11.7 Å². The van der Waals surface area contributed by atoms with E-state index < -0.39 is 0 Å². The summed E-state index contributed by atoms with van der Waals surface area (Å²) in [6, 6.07) is 13.1. The second-order valence-electron chi connectivity index (χ2n) is 4.72. The van der Waals surface area contributed by atoms with Crippen LogP contribution < -0.4 is 10.5 Å². The molecule has 3 rings (SSSR count). The van der Waals surface area contributed by atoms with Crippen LogP contribution in [0, 0.1) is 6.92 Å². The monoisotopic (exact) mass is 281 g/mol. The van der Waals surface area contributed by atoms with Gasteiger partial charge in [-0.15, -0.1) is 0 Å². The van der Waals surface area contributed by atoms with Gasteiger partial charge in [0.2, 0.25) is 5.82 Å². The van der Waals surface area contributed by atoms with E-state index in [1.807, 2.05) is 49.4 Å². The number of nitrogen functional groups attached to an aromatic ring is 1. The highest BCUT2D eigenvalue weighted by Crippen LogP contribution is 2.25. The van der Waals surface area contributed by atoms with Gasteiger partial charge in [0.05, 0.1) is 7.11 Å². The third-order valence-electron chi connectivity index (χ3n) is 3.29. The van der Waals surface area contributed by atoms with E-state index in [1.165, 1.54) is 0 Å². The number of ether oxygens (including phenoxy) is 1. The Morgan fingerprint density at radius 3 is 2.43 bits per heavy atom. The van der Waals surface area contributed by atoms with E-state index in [-0.39, 0.29) is 0 Å². The van der Waals surface area contributed by atoms with E-state index in [1.54, 1.807) is 7.11 Å². The molecule has 0 aliphatic carbocycles. The van der Waals surface area contributed by atoms with Gasteiger partial charge in [-0.25, -0.2) is 0 Å². The molecule has 5 nitrogen and oxygen atoms in total. The maximum absolute atomic E-state index is 5.81. The molecule has 0 spiro atoms. The summed E-state index contributed by atoms with van der Waals surface area (Å²) in [4.78, 5) is 4.42. The first-order valence-electron chi connectivity index (χ1n) is 6.52. The van der Waals surface area contributed by atoms with Crippen LogP contribution in [-0.4, -0.2) is 17.3 Å². The molecule has 1 heterocycles. The van der Waals surface area contributed by atoms with Crippen LogP contribution in [0.25, 0.3) is 22.8 Å². The average Bonchev–Trinajstić information content (AvgIpc) is 3.00. The summed E-state index contributed by atoms with van der Waals surface area (Å²) in [7, 11) is 1.63. The molecule has 0 fully saturated rings. The number of aromatic nitrogens is 2. The molecule has 0 bridgehead atoms. The van der Waals surface area contributed by atoms with Gasteiger partial charge >= 0.3 is 0 Å². The minimum atomic E-state index is 0.476. The molecule has 21 heavy (non-hydrogen) atoms. The highest BCUT2D eigenvalue weighted by molar-refractivity contribution is 5.63. The van der Waals surface area contributed by atoms with Gasteiger partial charge < -0.3 is 15.0 Å². The molecule has 0 atom stereocenters. The number of hydrogen-bond donors (Lipinski definition) is 1. The molecule has 5 heteroatoms. The molecule has 0 radical (unpaired) electrons. The Hall–Kier alpha value is -2.82. The first-order chi connectivity index (χ1) is 10.2. The summed E-state index contributed by atoms with van der Waals surface area (Å²) in [6.45, 7) is 1.94. The van der Waals surface area contributed by atoms with Crippen molar-refractivity contribution < 1.29 is 9.26 Å². The molecular formula is C16H15N3O2. The van der Waals surface area contributed by atoms with Crippen LogP contribution >= 0.6 is 0 Å². The highest BCUT2D eigenvalue weighted by atomic mass is 16.5. The van der Waals surface area contributed by atoms with Gasteiger partial charge in [0.25, 0.3) is 5.89 Å². The number of nitrogens with zero attached hydrogens (tertiary/aromatic N) is 2. The van der Waals surface area contributed by atoms with Gasteiger partial charge in [-0.2, -0.15) is 4.98 Å². The first kappa shape index (κ1) is 13.2. The van der Waals surface area contributed by atoms with Gasteiger partial charge in [0.15, 0.2) is 0 Å². The fourth-order valence-corrected chi connectivity index (χ4v) is 2.01. The Labute approximate surface area is 122 Å². The Morgan fingerprint density at radius 1 is 1.05 bits per heavy atom. The Balaban J connectivity index is 1.93. The summed E-state index contributed by atoms with van der Waals surface area (Å²) < 4.78 is 10.5. The molecule has 0 aliphatic rings. The van der Waals surface area contributed by atoms with E-state index in [4.69, 9.17) is 15.0 Å². The van der Waals surface area contributed by atoms with Crippen molar-refractivity contribution in [3.8, 4) is 28.6 Å². The molecule has 106 valence electrons. The van der Waals surface area contributed by atoms with Gasteiger partial charge in [0.1, 0.15) is 5.75 Å². The topological polar surface area (TPSA) is 74.2 Å². The van der Waals surface area contributed by atoms with Crippen molar-refractivity contribution in [3.63, 3.8) is 0 Å². The minimum Gasteiger partial charge on any atom is -0.497 e. The maximum atomic E-state index is 5.81. The third-order valence-corrected chi connectivity index (χ3v) is 3.29. The minimum absolute atomic E-state index is 0.476. The summed E-state index contributed by atoms with van der Waals surface area (Å²) in [6.07, 6.45) is 0. The van der Waals surface area contributed by atoms with Crippen LogP contribution in [0.1, 0.15) is 5.56 Å². The van der Waals surface area contributed by atoms with Crippen LogP contribution in [0.2, 0.25) is 0 Å². The second kappa shape index (κ2) is 5.28. The third kappa shape index (κ3) is 2.58. The molecule has 0 unspecified atom stereocenters. The van der Waals surface area contributed by atoms with Gasteiger partial charge in [-0.3, -0.25) is 0 Å². The molecule has 0 saturated heterocycles. The largest absolute Gasteiger partial charge is 0.497 e. The van der Waals surface area contributed by atoms with Crippen molar-refractivity contribution in [2.24, 2.45) is 0 Å². The van der Waals surface area contributed by atoms with Crippen LogP contribution in [0.5, 0.6) is 5.75 Å². The molecule has 0 saturated carbocycles. The molecule has 3 aromatic rings. The number of rotatable bonds is 3. The van der Waals surface area contributed by atoms with E-state index >= 15 is 0 Å². The van der Waals surface area contributed by atoms with E-state index in [2.05, 4.69) is 10.1 Å². The summed E-state index contributed by atoms with van der Waals surface area (Å²) in [5.74, 6) is 1.81. The number of benzene rings is 2. The standard InChI is InChI=1S/C16H15N3O2/c1-10-9-12(5-8-14(10)17)16-18-15(19-21-16)11-3-6-13(20-2)7-4-11/h3-9H,17H2,1-2H3. The van der Waals surface area contributed by atoms with Crippen LogP contribution in [0.15, 0.2) is 47.0 Å². The van der Waals surface area contributed by atoms with Crippen LogP contribution in [-0.2, 0) is 0 Å². The number of aryl methyl sites for hydroxylation is 1. The van der Waals surface area contributed by atoms with Gasteiger partial charge in [-0.05, 0) is 55.0 Å². The van der Waals surface area contributed by atoms with E-state index in [0.717, 1.165) is 28.1 Å². The fourth-order valence-electron chi connectivity index (χ4n) is 2.01. The van der Waals surface area contributed by atoms with Gasteiger partial charge in [-0.1, -0.05) is 5.16 Å². The van der Waals surface area contributed by atoms with Crippen LogP contribution in [0.3, 0.4) is 0 Å². The smallest absolute Gasteiger partial charge is 0.258 e. The second-order valence-corrected chi connectivity index (χ2v) is 4.72. The zero-order valence-corrected chi connectivity index (χ0v) is 11.8. The van der Waals surface area contributed by atoms with Gasteiger partial charge in [0, 0.05) is 16.8 Å². The predicted octanol–water partition coefficient (Wildman–Crippen LogP) is 3.30. The van der Waals surface area contributed by atoms with Crippen molar-refractivity contribution in [2.45, 2.75) is 6.92 Å². The maximum Gasteiger partial charge on any atom is 0.258 e. The molecule has 0 aliphatic heterocycles. The summed E-state index contributed by atoms with van der Waals surface area (Å²) >= 11 is 0. The van der Waals surface area contributed by atoms with Crippen molar-refractivity contribution in [1.29, 1.82) is 0 Å². The van der Waals surface area contributed by atoms with Crippen molar-refractivity contribution >= 4 is 5.69 Å². The van der Waals surface area contributed by atoms with E-state index in [9.17, 15) is 0 Å². The Bertz CT molecular complexity index is 763. The predicted molar refractivity (Wildman–Crippen MR) is 80.9 cm³/mol. The normalized spacial score (nSPS) is 10.6. The number of nitrogens with two attached hydrogens (primary N) is 1. The quantitative estimate of drug-likeness (QED) is 0.745. The van der Waals surface area contributed by atoms with Crippen molar-refractivity contribution in [1.82, 2.24) is 10.1 Å². The van der Waals surface area contributed by atoms with Crippen molar-refractivity contribution in [2.75, 3.05) is 12.8 Å². The lowest BCUT2D eigenvalue weighted by Gasteiger charge is -2.00. The SMILES string of the molecule is COc1ccc(-c2noc(-c3ccc(N)c(C)c3)n2)cc1. The first-order valence-corrected chi connectivity index (χ1v) is 6.52. The highest BCUT2D eigenvalue weighted by Gasteiger charge is 2.11. The number of anilines is 1. The Morgan fingerprint density at radius 2 is 1.76 bits per heavy atom.